The molecule has 2 aromatic rings. The monoisotopic (exact) mass is 245 g/mol. The lowest BCUT2D eigenvalue weighted by atomic mass is 10.1. The average Bonchev–Trinajstić information content (AvgIpc) is 3.02. The van der Waals surface area contributed by atoms with Crippen molar-refractivity contribution in [3.8, 4) is 0 Å². The summed E-state index contributed by atoms with van der Waals surface area (Å²) in [4.78, 5) is 9.91. The van der Waals surface area contributed by atoms with Gasteiger partial charge in [0.25, 0.3) is 0 Å². The van der Waals surface area contributed by atoms with Gasteiger partial charge in [-0.25, -0.2) is 4.98 Å². The van der Waals surface area contributed by atoms with Gasteiger partial charge >= 0.3 is 0 Å². The number of hydrogen-bond donors (Lipinski definition) is 2. The van der Waals surface area contributed by atoms with E-state index in [1.54, 1.807) is 0 Å². The quantitative estimate of drug-likeness (QED) is 0.859. The highest BCUT2D eigenvalue weighted by Crippen LogP contribution is 2.20. The van der Waals surface area contributed by atoms with Crippen molar-refractivity contribution in [1.82, 2.24) is 14.9 Å². The first-order valence-electron chi connectivity index (χ1n) is 6.64. The van der Waals surface area contributed by atoms with Gasteiger partial charge in [0.05, 0.1) is 6.61 Å². The van der Waals surface area contributed by atoms with Crippen molar-refractivity contribution in [1.29, 1.82) is 0 Å². The molecule has 0 saturated carbocycles. The number of aliphatic hydroxyl groups excluding tert-OH is 1. The molecule has 0 aliphatic carbocycles. The fraction of sp³-hybridized carbons (Fsp3) is 0.500. The number of hydrogen-bond acceptors (Lipinski definition) is 3. The van der Waals surface area contributed by atoms with Crippen molar-refractivity contribution in [3.05, 3.63) is 30.1 Å². The van der Waals surface area contributed by atoms with Crippen LogP contribution in [-0.2, 0) is 6.42 Å². The van der Waals surface area contributed by atoms with Gasteiger partial charge in [-0.05, 0) is 43.5 Å². The molecule has 3 heterocycles. The van der Waals surface area contributed by atoms with Gasteiger partial charge in [0.15, 0.2) is 0 Å². The number of likely N-dealkylation sites (tertiary alicyclic amines) is 1. The van der Waals surface area contributed by atoms with E-state index in [9.17, 15) is 5.11 Å². The van der Waals surface area contributed by atoms with E-state index < -0.39 is 0 Å². The van der Waals surface area contributed by atoms with Crippen LogP contribution in [-0.4, -0.2) is 45.7 Å². The summed E-state index contributed by atoms with van der Waals surface area (Å²) in [6, 6.07) is 4.46. The molecule has 2 aromatic heterocycles. The molecule has 2 N–H and O–H groups in total. The summed E-state index contributed by atoms with van der Waals surface area (Å²) in [6.07, 6.45) is 7.22. The second-order valence-corrected chi connectivity index (χ2v) is 4.98. The van der Waals surface area contributed by atoms with Gasteiger partial charge < -0.3 is 10.1 Å². The molecule has 1 fully saturated rings. The van der Waals surface area contributed by atoms with E-state index in [2.05, 4.69) is 27.1 Å². The predicted molar refractivity (Wildman–Crippen MR) is 71.5 cm³/mol. The fourth-order valence-corrected chi connectivity index (χ4v) is 2.88. The summed E-state index contributed by atoms with van der Waals surface area (Å²) in [7, 11) is 0. The van der Waals surface area contributed by atoms with Crippen molar-refractivity contribution in [2.75, 3.05) is 19.7 Å². The molecule has 0 bridgehead atoms. The summed E-state index contributed by atoms with van der Waals surface area (Å²) < 4.78 is 0. The van der Waals surface area contributed by atoms with E-state index in [-0.39, 0.29) is 6.61 Å². The number of rotatable bonds is 4. The van der Waals surface area contributed by atoms with Crippen molar-refractivity contribution < 1.29 is 5.11 Å². The summed E-state index contributed by atoms with van der Waals surface area (Å²) in [5, 5.41) is 10.5. The first-order chi connectivity index (χ1) is 8.88. The van der Waals surface area contributed by atoms with Gasteiger partial charge in [-0.1, -0.05) is 0 Å². The number of nitrogens with zero attached hydrogens (tertiary/aromatic N) is 2. The third-order valence-electron chi connectivity index (χ3n) is 3.91. The van der Waals surface area contributed by atoms with Crippen LogP contribution in [0, 0.1) is 0 Å². The summed E-state index contributed by atoms with van der Waals surface area (Å²) in [5.41, 5.74) is 2.29. The molecule has 4 heteroatoms. The molecule has 4 nitrogen and oxygen atoms in total. The van der Waals surface area contributed by atoms with Crippen LogP contribution in [0.1, 0.15) is 18.4 Å². The highest BCUT2D eigenvalue weighted by atomic mass is 16.3. The van der Waals surface area contributed by atoms with Crippen LogP contribution < -0.4 is 0 Å². The van der Waals surface area contributed by atoms with E-state index in [0.29, 0.717) is 6.04 Å². The molecular formula is C14H19N3O. The second-order valence-electron chi connectivity index (χ2n) is 4.98. The Morgan fingerprint density at radius 1 is 1.50 bits per heavy atom. The third-order valence-corrected chi connectivity index (χ3v) is 3.91. The molecule has 1 aliphatic rings. The Labute approximate surface area is 107 Å². The highest BCUT2D eigenvalue weighted by molar-refractivity contribution is 5.79. The van der Waals surface area contributed by atoms with Gasteiger partial charge in [0, 0.05) is 30.4 Å². The van der Waals surface area contributed by atoms with Crippen LogP contribution in [0.3, 0.4) is 0 Å². The zero-order chi connectivity index (χ0) is 12.4. The average molecular weight is 245 g/mol. The normalized spacial score (nSPS) is 20.8. The van der Waals surface area contributed by atoms with Crippen molar-refractivity contribution in [2.24, 2.45) is 0 Å². The summed E-state index contributed by atoms with van der Waals surface area (Å²) in [5.74, 6) is 0. The molecule has 96 valence electrons. The highest BCUT2D eigenvalue weighted by Gasteiger charge is 2.23. The molecule has 1 saturated heterocycles. The van der Waals surface area contributed by atoms with Crippen molar-refractivity contribution >= 4 is 11.0 Å². The lowest BCUT2D eigenvalue weighted by Gasteiger charge is -2.22. The van der Waals surface area contributed by atoms with Crippen LogP contribution >= 0.6 is 0 Å². The van der Waals surface area contributed by atoms with Crippen LogP contribution in [0.15, 0.2) is 24.5 Å². The molecule has 1 atom stereocenters. The number of aromatic amines is 1. The van der Waals surface area contributed by atoms with Crippen molar-refractivity contribution in [3.63, 3.8) is 0 Å². The Morgan fingerprint density at radius 2 is 2.44 bits per heavy atom. The van der Waals surface area contributed by atoms with Gasteiger partial charge in [-0.15, -0.1) is 0 Å². The van der Waals surface area contributed by atoms with E-state index in [0.717, 1.165) is 31.6 Å². The zero-order valence-corrected chi connectivity index (χ0v) is 10.5. The molecule has 0 aromatic carbocycles. The Bertz CT molecular complexity index is 522. The zero-order valence-electron chi connectivity index (χ0n) is 10.5. The molecule has 0 spiro atoms. The van der Waals surface area contributed by atoms with Gasteiger partial charge in [-0.2, -0.15) is 0 Å². The maximum Gasteiger partial charge on any atom is 0.137 e. The lowest BCUT2D eigenvalue weighted by Crippen LogP contribution is -2.33. The number of fused-ring (bicyclic) bond motifs is 1. The summed E-state index contributed by atoms with van der Waals surface area (Å²) >= 11 is 0. The number of nitrogens with one attached hydrogen (secondary N) is 1. The van der Waals surface area contributed by atoms with E-state index >= 15 is 0 Å². The number of H-pyrrole nitrogens is 1. The second kappa shape index (κ2) is 5.08. The van der Waals surface area contributed by atoms with Crippen LogP contribution in [0.4, 0.5) is 0 Å². The largest absolute Gasteiger partial charge is 0.395 e. The SMILES string of the molecule is OCC1CCCN1CCc1c[nH]c2ncccc12. The minimum atomic E-state index is 0.287. The smallest absolute Gasteiger partial charge is 0.137 e. The Kier molecular flexibility index (Phi) is 3.30. The predicted octanol–water partition coefficient (Wildman–Crippen LogP) is 1.56. The molecule has 3 rings (SSSR count). The van der Waals surface area contributed by atoms with E-state index in [1.165, 1.54) is 17.4 Å². The third kappa shape index (κ3) is 2.13. The maximum absolute atomic E-state index is 9.31. The fourth-order valence-electron chi connectivity index (χ4n) is 2.88. The molecule has 1 unspecified atom stereocenters. The first kappa shape index (κ1) is 11.7. The Balaban J connectivity index is 1.69. The number of pyridine rings is 1. The molecule has 0 radical (unpaired) electrons. The van der Waals surface area contributed by atoms with Gasteiger partial charge in [0.2, 0.25) is 0 Å². The minimum absolute atomic E-state index is 0.287. The summed E-state index contributed by atoms with van der Waals surface area (Å²) in [6.45, 7) is 2.42. The Morgan fingerprint density at radius 3 is 3.33 bits per heavy atom. The Hall–Kier alpha value is -1.39. The minimum Gasteiger partial charge on any atom is -0.395 e. The molecule has 18 heavy (non-hydrogen) atoms. The molecule has 1 aliphatic heterocycles. The topological polar surface area (TPSA) is 52.1 Å². The first-order valence-corrected chi connectivity index (χ1v) is 6.64. The number of aromatic nitrogens is 2. The van der Waals surface area contributed by atoms with E-state index in [1.807, 2.05) is 12.3 Å². The van der Waals surface area contributed by atoms with Crippen LogP contribution in [0.25, 0.3) is 11.0 Å². The van der Waals surface area contributed by atoms with Crippen LogP contribution in [0.5, 0.6) is 0 Å². The standard InChI is InChI=1S/C14H19N3O/c18-10-12-3-2-7-17(12)8-5-11-9-16-14-13(11)4-1-6-15-14/h1,4,6,9,12,18H,2-3,5,7-8,10H2,(H,15,16). The van der Waals surface area contributed by atoms with Crippen molar-refractivity contribution in [2.45, 2.75) is 25.3 Å². The molecule has 0 amide bonds. The van der Waals surface area contributed by atoms with Gasteiger partial charge in [-0.3, -0.25) is 4.90 Å². The lowest BCUT2D eigenvalue weighted by molar-refractivity contribution is 0.160. The van der Waals surface area contributed by atoms with Crippen LogP contribution in [0.2, 0.25) is 0 Å². The van der Waals surface area contributed by atoms with Gasteiger partial charge in [0.1, 0.15) is 5.65 Å². The number of aliphatic hydroxyl groups is 1. The van der Waals surface area contributed by atoms with E-state index in [4.69, 9.17) is 0 Å². The maximum atomic E-state index is 9.31. The molecular weight excluding hydrogens is 226 g/mol.